The molecule has 2 saturated heterocycles. The molecule has 1 amide bonds. The Bertz CT molecular complexity index is 626. The Morgan fingerprint density at radius 1 is 1.23 bits per heavy atom. The first-order valence-corrected chi connectivity index (χ1v) is 9.31. The van der Waals surface area contributed by atoms with Gasteiger partial charge in [-0.05, 0) is 51.3 Å². The minimum Gasteiger partial charge on any atom is -0.497 e. The van der Waals surface area contributed by atoms with Crippen molar-refractivity contribution in [3.8, 4) is 5.75 Å². The fourth-order valence-corrected chi connectivity index (χ4v) is 4.10. The highest BCUT2D eigenvalue weighted by Gasteiger charge is 2.49. The normalized spacial score (nSPS) is 26.0. The second-order valence-electron chi connectivity index (χ2n) is 8.21. The van der Waals surface area contributed by atoms with Crippen molar-refractivity contribution in [3.05, 3.63) is 29.8 Å². The van der Waals surface area contributed by atoms with Crippen molar-refractivity contribution >= 4 is 6.09 Å². The number of benzene rings is 1. The lowest BCUT2D eigenvalue weighted by Gasteiger charge is -2.46. The lowest BCUT2D eigenvalue weighted by molar-refractivity contribution is -0.0353. The number of hydrogen-bond donors (Lipinski definition) is 1. The van der Waals surface area contributed by atoms with E-state index in [1.807, 2.05) is 37.8 Å². The third-order valence-electron chi connectivity index (χ3n) is 5.24. The van der Waals surface area contributed by atoms with Crippen molar-refractivity contribution in [2.45, 2.75) is 63.9 Å². The number of methoxy groups -OCH3 is 1. The first kappa shape index (κ1) is 19.0. The van der Waals surface area contributed by atoms with E-state index in [0.717, 1.165) is 31.7 Å². The van der Waals surface area contributed by atoms with Crippen LogP contribution in [0.2, 0.25) is 0 Å². The second-order valence-corrected chi connectivity index (χ2v) is 8.21. The Labute approximate surface area is 155 Å². The maximum Gasteiger partial charge on any atom is 0.410 e. The SMILES string of the molecule is COc1ccc(CN2C[C@H]3CC[C@@H]([C@H]2CO)N3C(=O)OC(C)(C)C)cc1. The highest BCUT2D eigenvalue weighted by atomic mass is 16.6. The summed E-state index contributed by atoms with van der Waals surface area (Å²) in [4.78, 5) is 16.8. The van der Waals surface area contributed by atoms with Crippen LogP contribution in [0.5, 0.6) is 5.75 Å². The van der Waals surface area contributed by atoms with Crippen molar-refractivity contribution in [1.29, 1.82) is 0 Å². The van der Waals surface area contributed by atoms with E-state index in [9.17, 15) is 9.90 Å². The van der Waals surface area contributed by atoms with Gasteiger partial charge in [-0.2, -0.15) is 0 Å². The lowest BCUT2D eigenvalue weighted by Crippen LogP contribution is -2.62. The molecule has 2 bridgehead atoms. The number of carbonyl (C=O) groups excluding carboxylic acids is 1. The van der Waals surface area contributed by atoms with Crippen LogP contribution in [0.15, 0.2) is 24.3 Å². The third-order valence-corrected chi connectivity index (χ3v) is 5.24. The Morgan fingerprint density at radius 3 is 2.50 bits per heavy atom. The van der Waals surface area contributed by atoms with E-state index in [-0.39, 0.29) is 30.8 Å². The van der Waals surface area contributed by atoms with E-state index in [0.29, 0.717) is 0 Å². The maximum atomic E-state index is 12.7. The molecule has 2 fully saturated rings. The number of ether oxygens (including phenoxy) is 2. The molecule has 6 heteroatoms. The Morgan fingerprint density at radius 2 is 1.92 bits per heavy atom. The average molecular weight is 362 g/mol. The van der Waals surface area contributed by atoms with Gasteiger partial charge in [0, 0.05) is 19.1 Å². The highest BCUT2D eigenvalue weighted by Crippen LogP contribution is 2.36. The molecule has 0 radical (unpaired) electrons. The topological polar surface area (TPSA) is 62.2 Å². The van der Waals surface area contributed by atoms with Crippen molar-refractivity contribution in [3.63, 3.8) is 0 Å². The van der Waals surface area contributed by atoms with Crippen molar-refractivity contribution < 1.29 is 19.4 Å². The van der Waals surface area contributed by atoms with Crippen LogP contribution in [-0.2, 0) is 11.3 Å². The fraction of sp³-hybridized carbons (Fsp3) is 0.650. The minimum atomic E-state index is -0.508. The van der Waals surface area contributed by atoms with E-state index in [1.165, 1.54) is 5.56 Å². The molecule has 0 spiro atoms. The van der Waals surface area contributed by atoms with E-state index in [4.69, 9.17) is 9.47 Å². The van der Waals surface area contributed by atoms with Crippen LogP contribution in [0.25, 0.3) is 0 Å². The van der Waals surface area contributed by atoms with E-state index in [2.05, 4.69) is 17.0 Å². The summed E-state index contributed by atoms with van der Waals surface area (Å²) in [5.41, 5.74) is 0.667. The zero-order chi connectivity index (χ0) is 18.9. The monoisotopic (exact) mass is 362 g/mol. The number of nitrogens with zero attached hydrogens (tertiary/aromatic N) is 2. The lowest BCUT2D eigenvalue weighted by atomic mass is 10.0. The third kappa shape index (κ3) is 3.96. The molecule has 0 aromatic heterocycles. The van der Waals surface area contributed by atoms with Crippen LogP contribution >= 0.6 is 0 Å². The molecule has 144 valence electrons. The summed E-state index contributed by atoms with van der Waals surface area (Å²) in [6.45, 7) is 7.20. The molecule has 1 aromatic rings. The van der Waals surface area contributed by atoms with Gasteiger partial charge in [-0.15, -0.1) is 0 Å². The fourth-order valence-electron chi connectivity index (χ4n) is 4.10. The smallest absolute Gasteiger partial charge is 0.410 e. The number of likely N-dealkylation sites (tertiary alicyclic amines) is 1. The summed E-state index contributed by atoms with van der Waals surface area (Å²) >= 11 is 0. The second kappa shape index (κ2) is 7.45. The Kier molecular flexibility index (Phi) is 5.44. The molecule has 2 heterocycles. The van der Waals surface area contributed by atoms with Gasteiger partial charge in [0.2, 0.25) is 0 Å². The van der Waals surface area contributed by atoms with E-state index < -0.39 is 5.60 Å². The molecule has 0 unspecified atom stereocenters. The van der Waals surface area contributed by atoms with Crippen LogP contribution in [0.1, 0.15) is 39.2 Å². The predicted octanol–water partition coefficient (Wildman–Crippen LogP) is 2.64. The molecule has 26 heavy (non-hydrogen) atoms. The summed E-state index contributed by atoms with van der Waals surface area (Å²) in [6.07, 6.45) is 1.61. The molecule has 2 aliphatic rings. The Balaban J connectivity index is 1.72. The number of carbonyl (C=O) groups is 1. The summed E-state index contributed by atoms with van der Waals surface area (Å²) < 4.78 is 10.8. The van der Waals surface area contributed by atoms with Crippen molar-refractivity contribution in [2.75, 3.05) is 20.3 Å². The van der Waals surface area contributed by atoms with Crippen LogP contribution in [0.3, 0.4) is 0 Å². The molecule has 1 N–H and O–H groups in total. The first-order valence-electron chi connectivity index (χ1n) is 9.31. The molecular weight excluding hydrogens is 332 g/mol. The van der Waals surface area contributed by atoms with Gasteiger partial charge in [0.05, 0.1) is 25.8 Å². The summed E-state index contributed by atoms with van der Waals surface area (Å²) in [5.74, 6) is 0.835. The Hall–Kier alpha value is -1.79. The average Bonchev–Trinajstić information content (AvgIpc) is 2.90. The maximum absolute atomic E-state index is 12.7. The van der Waals surface area contributed by atoms with Crippen molar-refractivity contribution in [2.24, 2.45) is 0 Å². The summed E-state index contributed by atoms with van der Waals surface area (Å²) in [6, 6.07) is 8.10. The number of fused-ring (bicyclic) bond motifs is 2. The standard InChI is InChI=1S/C20H30N2O4/c1-20(2,3)26-19(24)22-15-7-10-17(22)18(13-23)21(12-15)11-14-5-8-16(25-4)9-6-14/h5-6,8-9,15,17-18,23H,7,10-13H2,1-4H3/t15-,17+,18-/m1/s1. The zero-order valence-electron chi connectivity index (χ0n) is 16.1. The number of aliphatic hydroxyl groups excluding tert-OH is 1. The van der Waals surface area contributed by atoms with E-state index >= 15 is 0 Å². The van der Waals surface area contributed by atoms with Gasteiger partial charge in [0.1, 0.15) is 11.4 Å². The van der Waals surface area contributed by atoms with Gasteiger partial charge >= 0.3 is 6.09 Å². The number of hydrogen-bond acceptors (Lipinski definition) is 5. The van der Waals surface area contributed by atoms with Crippen LogP contribution in [0, 0.1) is 0 Å². The van der Waals surface area contributed by atoms with Crippen LogP contribution in [0.4, 0.5) is 4.79 Å². The predicted molar refractivity (Wildman–Crippen MR) is 99.2 cm³/mol. The molecule has 0 saturated carbocycles. The number of aliphatic hydroxyl groups is 1. The molecular formula is C20H30N2O4. The van der Waals surface area contributed by atoms with E-state index in [1.54, 1.807) is 7.11 Å². The van der Waals surface area contributed by atoms with Crippen LogP contribution in [-0.4, -0.2) is 65.0 Å². The number of piperazine rings is 1. The van der Waals surface area contributed by atoms with Gasteiger partial charge in [0.15, 0.2) is 0 Å². The molecule has 1 aromatic carbocycles. The minimum absolute atomic E-state index is 0.00634. The van der Waals surface area contributed by atoms with Gasteiger partial charge in [-0.25, -0.2) is 4.79 Å². The molecule has 6 nitrogen and oxygen atoms in total. The quantitative estimate of drug-likeness (QED) is 0.892. The molecule has 3 rings (SSSR count). The number of amides is 1. The number of rotatable bonds is 4. The van der Waals surface area contributed by atoms with Crippen LogP contribution < -0.4 is 4.74 Å². The summed E-state index contributed by atoms with van der Waals surface area (Å²) in [5, 5.41) is 10.0. The van der Waals surface area contributed by atoms with Gasteiger partial charge in [-0.3, -0.25) is 9.80 Å². The van der Waals surface area contributed by atoms with Crippen molar-refractivity contribution in [1.82, 2.24) is 9.80 Å². The molecule has 0 aliphatic carbocycles. The first-order chi connectivity index (χ1) is 12.3. The largest absolute Gasteiger partial charge is 0.497 e. The van der Waals surface area contributed by atoms with Gasteiger partial charge < -0.3 is 14.6 Å². The summed E-state index contributed by atoms with van der Waals surface area (Å²) in [7, 11) is 1.66. The molecule has 3 atom stereocenters. The highest BCUT2D eigenvalue weighted by molar-refractivity contribution is 5.70. The zero-order valence-corrected chi connectivity index (χ0v) is 16.1. The van der Waals surface area contributed by atoms with Gasteiger partial charge in [-0.1, -0.05) is 12.1 Å². The molecule has 2 aliphatic heterocycles. The van der Waals surface area contributed by atoms with Gasteiger partial charge in [0.25, 0.3) is 0 Å².